The number of benzene rings is 2. The molecular formula is C27H29NO10Te. The quantitative estimate of drug-likeness (QED) is 0.227. The Morgan fingerprint density at radius 2 is 1.46 bits per heavy atom. The Labute approximate surface area is 235 Å². The fraction of sp³-hybridized carbons (Fsp3) is 0.370. The van der Waals surface area contributed by atoms with Crippen molar-refractivity contribution in [2.75, 3.05) is 6.61 Å². The molecule has 2 N–H and O–H groups in total. The van der Waals surface area contributed by atoms with E-state index >= 15 is 0 Å². The summed E-state index contributed by atoms with van der Waals surface area (Å²) in [6.07, 6.45) is -3.45. The van der Waals surface area contributed by atoms with Crippen molar-refractivity contribution in [3.05, 3.63) is 65.2 Å². The summed E-state index contributed by atoms with van der Waals surface area (Å²) in [6, 6.07) is 12.4. The normalized spacial score (nSPS) is 22.3. The number of ether oxygens (including phenoxy) is 4. The average Bonchev–Trinajstić information content (AvgIpc) is 2.87. The van der Waals surface area contributed by atoms with Gasteiger partial charge >= 0.3 is 236 Å². The first-order valence-corrected chi connectivity index (χ1v) is 14.5. The molecule has 0 saturated carbocycles. The van der Waals surface area contributed by atoms with Crippen LogP contribution in [-0.2, 0) is 33.3 Å². The van der Waals surface area contributed by atoms with Crippen molar-refractivity contribution >= 4 is 54.3 Å². The summed E-state index contributed by atoms with van der Waals surface area (Å²) in [6.45, 7) is 5.21. The first-order chi connectivity index (χ1) is 18.5. The number of aromatic carboxylic acids is 1. The first kappa shape index (κ1) is 30.1. The number of carbonyl (C=O) groups excluding carboxylic acids is 4. The maximum absolute atomic E-state index is 13.4. The fourth-order valence-electron chi connectivity index (χ4n) is 4.00. The molecule has 0 aromatic heterocycles. The van der Waals surface area contributed by atoms with Crippen molar-refractivity contribution in [3.8, 4) is 0 Å². The van der Waals surface area contributed by atoms with Crippen molar-refractivity contribution in [1.82, 2.24) is 5.32 Å². The zero-order valence-corrected chi connectivity index (χ0v) is 24.1. The monoisotopic (exact) mass is 657 g/mol. The third-order valence-corrected chi connectivity index (χ3v) is 9.04. The molecule has 208 valence electrons. The summed E-state index contributed by atoms with van der Waals surface area (Å²) in [4.78, 5) is 60.9. The number of hydrogen-bond acceptors (Lipinski definition) is 9. The second-order valence-electron chi connectivity index (χ2n) is 8.77. The van der Waals surface area contributed by atoms with E-state index < -0.39 is 79.2 Å². The van der Waals surface area contributed by atoms with Crippen LogP contribution in [0.5, 0.6) is 0 Å². The molecule has 12 heteroatoms. The second kappa shape index (κ2) is 13.6. The SMILES string of the molecule is CC(=O)OC[C@H]1O[C@H]([Te]c2ccc(C)cc2)[C@H](NC(=O)c2ccccc2C(=O)O)[C@@H](OC(C)=O)[C@@H]1OC(C)=O. The average molecular weight is 655 g/mol. The Hall–Kier alpha value is -3.46. The summed E-state index contributed by atoms with van der Waals surface area (Å²) in [5.74, 6) is -4.02. The van der Waals surface area contributed by atoms with Crippen LogP contribution in [0.25, 0.3) is 0 Å². The van der Waals surface area contributed by atoms with Crippen molar-refractivity contribution in [1.29, 1.82) is 0 Å². The van der Waals surface area contributed by atoms with Crippen molar-refractivity contribution < 1.29 is 48.0 Å². The van der Waals surface area contributed by atoms with Gasteiger partial charge in [0.2, 0.25) is 0 Å². The molecule has 11 nitrogen and oxygen atoms in total. The number of esters is 3. The maximum atomic E-state index is 13.4. The number of aryl methyl sites for hydroxylation is 1. The summed E-state index contributed by atoms with van der Waals surface area (Å²) < 4.78 is 22.8. The Morgan fingerprint density at radius 3 is 2.03 bits per heavy atom. The van der Waals surface area contributed by atoms with E-state index in [0.717, 1.165) is 16.1 Å². The number of carboxylic acid groups (broad SMARTS) is 1. The van der Waals surface area contributed by atoms with E-state index in [4.69, 9.17) is 18.9 Å². The predicted molar refractivity (Wildman–Crippen MR) is 138 cm³/mol. The molecule has 2 aromatic rings. The van der Waals surface area contributed by atoms with E-state index in [2.05, 4.69) is 5.32 Å². The molecule has 0 radical (unpaired) electrons. The molecular weight excluding hydrogens is 626 g/mol. The van der Waals surface area contributed by atoms with Gasteiger partial charge in [0.15, 0.2) is 0 Å². The molecule has 1 amide bonds. The molecule has 0 unspecified atom stereocenters. The number of nitrogens with one attached hydrogen (secondary N) is 1. The zero-order valence-electron chi connectivity index (χ0n) is 21.7. The van der Waals surface area contributed by atoms with Crippen LogP contribution < -0.4 is 8.93 Å². The third kappa shape index (κ3) is 8.26. The topological polar surface area (TPSA) is 155 Å². The molecule has 3 rings (SSSR count). The molecule has 2 aromatic carbocycles. The van der Waals surface area contributed by atoms with Gasteiger partial charge in [0.1, 0.15) is 0 Å². The predicted octanol–water partition coefficient (Wildman–Crippen LogP) is 0.973. The zero-order chi connectivity index (χ0) is 28.7. The van der Waals surface area contributed by atoms with Crippen LogP contribution in [0.4, 0.5) is 0 Å². The Balaban J connectivity index is 2.06. The van der Waals surface area contributed by atoms with Gasteiger partial charge in [-0.25, -0.2) is 0 Å². The number of carboxylic acids is 1. The van der Waals surface area contributed by atoms with Gasteiger partial charge in [-0.15, -0.1) is 0 Å². The van der Waals surface area contributed by atoms with Crippen molar-refractivity contribution in [2.24, 2.45) is 0 Å². The van der Waals surface area contributed by atoms with E-state index in [9.17, 15) is 29.1 Å². The molecule has 5 atom stereocenters. The Bertz CT molecular complexity index is 1230. The van der Waals surface area contributed by atoms with Gasteiger partial charge in [0.25, 0.3) is 0 Å². The Morgan fingerprint density at radius 1 is 0.872 bits per heavy atom. The Kier molecular flexibility index (Phi) is 10.5. The number of carbonyl (C=O) groups is 5. The molecule has 0 aliphatic carbocycles. The fourth-order valence-corrected chi connectivity index (χ4v) is 7.23. The van der Waals surface area contributed by atoms with Crippen LogP contribution in [0.3, 0.4) is 0 Å². The molecule has 1 saturated heterocycles. The van der Waals surface area contributed by atoms with Gasteiger partial charge in [-0.1, -0.05) is 0 Å². The van der Waals surface area contributed by atoms with Gasteiger partial charge in [0.05, 0.1) is 0 Å². The van der Waals surface area contributed by atoms with Gasteiger partial charge < -0.3 is 0 Å². The van der Waals surface area contributed by atoms with Gasteiger partial charge in [-0.2, -0.15) is 0 Å². The minimum absolute atomic E-state index is 0.104. The van der Waals surface area contributed by atoms with Crippen LogP contribution in [-0.4, -0.2) is 90.9 Å². The summed E-state index contributed by atoms with van der Waals surface area (Å²) >= 11 is -1.27. The van der Waals surface area contributed by atoms with Crippen LogP contribution in [0.1, 0.15) is 47.1 Å². The number of hydrogen-bond donors (Lipinski definition) is 2. The van der Waals surface area contributed by atoms with Gasteiger partial charge in [-0.3, -0.25) is 0 Å². The van der Waals surface area contributed by atoms with Gasteiger partial charge in [-0.05, 0) is 0 Å². The van der Waals surface area contributed by atoms with Gasteiger partial charge in [0, 0.05) is 0 Å². The third-order valence-electron chi connectivity index (χ3n) is 5.67. The molecule has 39 heavy (non-hydrogen) atoms. The molecule has 1 aliphatic rings. The van der Waals surface area contributed by atoms with Crippen LogP contribution in [0, 0.1) is 6.92 Å². The van der Waals surface area contributed by atoms with Crippen molar-refractivity contribution in [3.63, 3.8) is 0 Å². The van der Waals surface area contributed by atoms with Crippen LogP contribution >= 0.6 is 0 Å². The second-order valence-corrected chi connectivity index (χ2v) is 12.1. The molecule has 1 fully saturated rings. The van der Waals surface area contributed by atoms with Crippen LogP contribution in [0.15, 0.2) is 48.5 Å². The van der Waals surface area contributed by atoms with E-state index in [0.29, 0.717) is 0 Å². The summed E-state index contributed by atoms with van der Waals surface area (Å²) in [7, 11) is 0. The first-order valence-electron chi connectivity index (χ1n) is 12.0. The molecule has 1 aliphatic heterocycles. The summed E-state index contributed by atoms with van der Waals surface area (Å²) in [5, 5.41) is 12.4. The molecule has 0 spiro atoms. The minimum atomic E-state index is -1.29. The molecule has 1 heterocycles. The number of rotatable bonds is 9. The van der Waals surface area contributed by atoms with Crippen molar-refractivity contribution in [2.45, 2.75) is 56.2 Å². The summed E-state index contributed by atoms with van der Waals surface area (Å²) in [5.41, 5.74) is 0.727. The molecule has 0 bridgehead atoms. The van der Waals surface area contributed by atoms with E-state index in [1.807, 2.05) is 31.2 Å². The van der Waals surface area contributed by atoms with E-state index in [1.165, 1.54) is 38.1 Å². The van der Waals surface area contributed by atoms with E-state index in [1.54, 1.807) is 0 Å². The van der Waals surface area contributed by atoms with E-state index in [-0.39, 0.29) is 17.7 Å². The van der Waals surface area contributed by atoms with Crippen LogP contribution in [0.2, 0.25) is 0 Å². The number of amides is 1. The standard InChI is InChI=1S/C27H29NO10Te/c1-14-9-11-18(12-10-14)39-27-22(28-25(32)19-7-5-6-8-20(19)26(33)34)24(37-17(4)31)23(36-16(3)30)21(38-27)13-35-15(2)29/h5-12,21-24,27H,13H2,1-4H3,(H,28,32)(H,33,34)/t21-,22-,23-,24-,27-/m1/s1.